The molecule has 9 nitrogen and oxygen atoms in total. The van der Waals surface area contributed by atoms with Crippen LogP contribution in [0.25, 0.3) is 11.4 Å². The van der Waals surface area contributed by atoms with Gasteiger partial charge in [0.05, 0.1) is 6.54 Å². The third-order valence-electron chi connectivity index (χ3n) is 4.98. The lowest BCUT2D eigenvalue weighted by Crippen LogP contribution is -2.34. The van der Waals surface area contributed by atoms with Gasteiger partial charge in [0.2, 0.25) is 11.7 Å². The van der Waals surface area contributed by atoms with E-state index in [1.165, 1.54) is 0 Å². The third-order valence-corrected chi connectivity index (χ3v) is 4.98. The van der Waals surface area contributed by atoms with Crippen LogP contribution in [0.5, 0.6) is 0 Å². The maximum atomic E-state index is 12.5. The summed E-state index contributed by atoms with van der Waals surface area (Å²) in [4.78, 5) is 14.1. The van der Waals surface area contributed by atoms with Crippen molar-refractivity contribution in [2.75, 3.05) is 10.6 Å². The molecule has 4 aromatic rings. The molecule has 0 spiro atoms. The van der Waals surface area contributed by atoms with Crippen LogP contribution in [0.1, 0.15) is 24.7 Å². The fraction of sp³-hybridized carbons (Fsp3) is 0.261. The van der Waals surface area contributed by atoms with Crippen molar-refractivity contribution in [3.8, 4) is 11.4 Å². The summed E-state index contributed by atoms with van der Waals surface area (Å²) in [5.41, 5.74) is 2.96. The molecule has 0 saturated heterocycles. The monoisotopic (exact) mass is 431 g/mol. The standard InChI is InChI=1S/C23H25N7O2/c1-3-20(23(31)25-21-15-16(2)32-28-21)24-19-11-9-17(10-12-19)13-14-30-27-22(26-29-30)18-7-5-4-6-8-18/h4-12,15,20,24H,3,13-14H2,1-2H3,(H,25,28,31). The molecule has 2 aromatic carbocycles. The molecule has 2 N–H and O–H groups in total. The van der Waals surface area contributed by atoms with Gasteiger partial charge in [-0.3, -0.25) is 4.79 Å². The van der Waals surface area contributed by atoms with Crippen LogP contribution in [0.4, 0.5) is 11.5 Å². The van der Waals surface area contributed by atoms with Crippen LogP contribution in [0.2, 0.25) is 0 Å². The first-order chi connectivity index (χ1) is 15.6. The number of aromatic nitrogens is 5. The summed E-state index contributed by atoms with van der Waals surface area (Å²) in [5.74, 6) is 1.53. The van der Waals surface area contributed by atoms with E-state index in [2.05, 4.69) is 31.2 Å². The first-order valence-corrected chi connectivity index (χ1v) is 10.5. The summed E-state index contributed by atoms with van der Waals surface area (Å²) in [5, 5.41) is 22.5. The van der Waals surface area contributed by atoms with Crippen molar-refractivity contribution in [1.29, 1.82) is 0 Å². The fourth-order valence-electron chi connectivity index (χ4n) is 3.23. The lowest BCUT2D eigenvalue weighted by Gasteiger charge is -2.17. The number of nitrogens with one attached hydrogen (secondary N) is 2. The molecule has 4 rings (SSSR count). The Kier molecular flexibility index (Phi) is 6.54. The van der Waals surface area contributed by atoms with E-state index in [0.717, 1.165) is 23.2 Å². The van der Waals surface area contributed by atoms with Gasteiger partial charge in [0.25, 0.3) is 0 Å². The molecule has 0 aliphatic rings. The van der Waals surface area contributed by atoms with Gasteiger partial charge in [-0.25, -0.2) is 0 Å². The highest BCUT2D eigenvalue weighted by Crippen LogP contribution is 2.15. The fourth-order valence-corrected chi connectivity index (χ4v) is 3.23. The normalized spacial score (nSPS) is 11.8. The number of benzene rings is 2. The lowest BCUT2D eigenvalue weighted by molar-refractivity contribution is -0.117. The lowest BCUT2D eigenvalue weighted by atomic mass is 10.1. The largest absolute Gasteiger partial charge is 0.374 e. The van der Waals surface area contributed by atoms with E-state index < -0.39 is 0 Å². The Hall–Kier alpha value is -4.01. The zero-order chi connectivity index (χ0) is 22.3. The van der Waals surface area contributed by atoms with Gasteiger partial charge in [-0.1, -0.05) is 54.5 Å². The maximum absolute atomic E-state index is 12.5. The molecular formula is C23H25N7O2. The highest BCUT2D eigenvalue weighted by molar-refractivity contribution is 5.95. The van der Waals surface area contributed by atoms with Gasteiger partial charge in [-0.15, -0.1) is 10.2 Å². The molecule has 1 atom stereocenters. The minimum absolute atomic E-state index is 0.156. The predicted octanol–water partition coefficient (Wildman–Crippen LogP) is 3.71. The SMILES string of the molecule is CCC(Nc1ccc(CCn2nnc(-c3ccccc3)n2)cc1)C(=O)Nc1cc(C)on1. The average molecular weight is 432 g/mol. The molecule has 164 valence electrons. The van der Waals surface area contributed by atoms with Crippen LogP contribution >= 0.6 is 0 Å². The Balaban J connectivity index is 1.30. The number of rotatable bonds is 9. The van der Waals surface area contributed by atoms with Crippen LogP contribution in [0.15, 0.2) is 65.2 Å². The Labute approximate surface area is 185 Å². The number of hydrogen-bond donors (Lipinski definition) is 2. The van der Waals surface area contributed by atoms with Crippen molar-refractivity contribution in [2.45, 2.75) is 39.3 Å². The van der Waals surface area contributed by atoms with E-state index in [1.54, 1.807) is 17.8 Å². The minimum atomic E-state index is -0.381. The first-order valence-electron chi connectivity index (χ1n) is 10.5. The van der Waals surface area contributed by atoms with Crippen LogP contribution in [-0.2, 0) is 17.8 Å². The Morgan fingerprint density at radius 2 is 1.91 bits per heavy atom. The summed E-state index contributed by atoms with van der Waals surface area (Å²) in [6.07, 6.45) is 1.40. The van der Waals surface area contributed by atoms with Gasteiger partial charge in [-0.2, -0.15) is 4.80 Å². The van der Waals surface area contributed by atoms with E-state index >= 15 is 0 Å². The van der Waals surface area contributed by atoms with Crippen LogP contribution in [0.3, 0.4) is 0 Å². The van der Waals surface area contributed by atoms with Gasteiger partial charge < -0.3 is 15.2 Å². The van der Waals surface area contributed by atoms with Crippen molar-refractivity contribution in [3.05, 3.63) is 72.0 Å². The molecule has 0 saturated carbocycles. The summed E-state index contributed by atoms with van der Waals surface area (Å²) in [6, 6.07) is 19.1. The zero-order valence-electron chi connectivity index (χ0n) is 18.0. The molecule has 32 heavy (non-hydrogen) atoms. The molecule has 1 amide bonds. The number of nitrogens with zero attached hydrogens (tertiary/aromatic N) is 5. The molecule has 2 heterocycles. The number of aryl methyl sites for hydroxylation is 3. The van der Waals surface area contributed by atoms with Crippen molar-refractivity contribution < 1.29 is 9.32 Å². The van der Waals surface area contributed by atoms with Gasteiger partial charge in [-0.05, 0) is 42.7 Å². The Bertz CT molecular complexity index is 1150. The van der Waals surface area contributed by atoms with E-state index in [-0.39, 0.29) is 11.9 Å². The van der Waals surface area contributed by atoms with Crippen molar-refractivity contribution >= 4 is 17.4 Å². The third kappa shape index (κ3) is 5.37. The second kappa shape index (κ2) is 9.86. The van der Waals surface area contributed by atoms with Gasteiger partial charge >= 0.3 is 0 Å². The summed E-state index contributed by atoms with van der Waals surface area (Å²) >= 11 is 0. The molecule has 0 fully saturated rings. The van der Waals surface area contributed by atoms with Gasteiger partial charge in [0.15, 0.2) is 5.82 Å². The van der Waals surface area contributed by atoms with E-state index in [0.29, 0.717) is 30.4 Å². The van der Waals surface area contributed by atoms with E-state index in [4.69, 9.17) is 4.52 Å². The number of anilines is 2. The van der Waals surface area contributed by atoms with Crippen molar-refractivity contribution in [2.24, 2.45) is 0 Å². The van der Waals surface area contributed by atoms with Crippen LogP contribution in [-0.4, -0.2) is 37.3 Å². The van der Waals surface area contributed by atoms with E-state index in [1.807, 2.05) is 61.5 Å². The molecular weight excluding hydrogens is 406 g/mol. The van der Waals surface area contributed by atoms with Gasteiger partial charge in [0, 0.05) is 17.3 Å². The van der Waals surface area contributed by atoms with Crippen LogP contribution < -0.4 is 10.6 Å². The Morgan fingerprint density at radius 1 is 1.12 bits per heavy atom. The predicted molar refractivity (Wildman–Crippen MR) is 121 cm³/mol. The van der Waals surface area contributed by atoms with E-state index in [9.17, 15) is 4.79 Å². The number of tetrazole rings is 1. The molecule has 0 aliphatic heterocycles. The second-order valence-electron chi connectivity index (χ2n) is 7.44. The highest BCUT2D eigenvalue weighted by atomic mass is 16.5. The van der Waals surface area contributed by atoms with Crippen LogP contribution in [0, 0.1) is 6.92 Å². The summed E-state index contributed by atoms with van der Waals surface area (Å²) in [7, 11) is 0. The van der Waals surface area contributed by atoms with Crippen molar-refractivity contribution in [1.82, 2.24) is 25.4 Å². The number of hydrogen-bond acceptors (Lipinski definition) is 7. The second-order valence-corrected chi connectivity index (χ2v) is 7.44. The smallest absolute Gasteiger partial charge is 0.248 e. The Morgan fingerprint density at radius 3 is 2.59 bits per heavy atom. The van der Waals surface area contributed by atoms with Gasteiger partial charge in [0.1, 0.15) is 11.8 Å². The molecule has 9 heteroatoms. The molecule has 0 radical (unpaired) electrons. The number of carbonyl (C=O) groups excluding carboxylic acids is 1. The highest BCUT2D eigenvalue weighted by Gasteiger charge is 2.17. The number of amides is 1. The van der Waals surface area contributed by atoms with Crippen molar-refractivity contribution in [3.63, 3.8) is 0 Å². The maximum Gasteiger partial charge on any atom is 0.248 e. The molecule has 0 aliphatic carbocycles. The topological polar surface area (TPSA) is 111 Å². The summed E-state index contributed by atoms with van der Waals surface area (Å²) < 4.78 is 4.99. The minimum Gasteiger partial charge on any atom is -0.374 e. The number of carbonyl (C=O) groups is 1. The quantitative estimate of drug-likeness (QED) is 0.416. The molecule has 2 aromatic heterocycles. The first kappa shape index (κ1) is 21.2. The molecule has 1 unspecified atom stereocenters. The molecule has 0 bridgehead atoms. The average Bonchev–Trinajstić information content (AvgIpc) is 3.46. The summed E-state index contributed by atoms with van der Waals surface area (Å²) in [6.45, 7) is 4.36. The zero-order valence-corrected chi connectivity index (χ0v) is 18.0.